The molecule has 7 nitrogen and oxygen atoms in total. The van der Waals surface area contributed by atoms with Gasteiger partial charge in [0, 0.05) is 19.2 Å². The van der Waals surface area contributed by atoms with Crippen molar-refractivity contribution in [2.45, 2.75) is 32.1 Å². The van der Waals surface area contributed by atoms with Crippen LogP contribution in [0.25, 0.3) is 0 Å². The van der Waals surface area contributed by atoms with Crippen LogP contribution in [0.5, 0.6) is 0 Å². The van der Waals surface area contributed by atoms with Gasteiger partial charge in [-0.15, -0.1) is 0 Å². The van der Waals surface area contributed by atoms with Crippen LogP contribution in [0.4, 0.5) is 11.4 Å². The zero-order valence-corrected chi connectivity index (χ0v) is 16.8. The molecule has 1 N–H and O–H groups in total. The van der Waals surface area contributed by atoms with Crippen LogP contribution >= 0.6 is 0 Å². The van der Waals surface area contributed by atoms with Crippen molar-refractivity contribution in [2.75, 3.05) is 22.8 Å². The number of esters is 1. The fourth-order valence-corrected chi connectivity index (χ4v) is 4.38. The van der Waals surface area contributed by atoms with E-state index in [4.69, 9.17) is 4.74 Å². The standard InChI is InChI=1S/C20H22N2O5S/c1-4-27-20(24)16-5-7-18(13(2)11-16)21-28(25,26)17-6-8-19-15(12-17)9-10-22(19)14(3)23/h5-8,11-12,21H,4,9-10H2,1-3H3. The molecule has 1 heterocycles. The zero-order chi connectivity index (χ0) is 20.5. The lowest BCUT2D eigenvalue weighted by Crippen LogP contribution is -2.25. The molecule has 148 valence electrons. The Kier molecular flexibility index (Phi) is 5.42. The Morgan fingerprint density at radius 1 is 1.18 bits per heavy atom. The van der Waals surface area contributed by atoms with Crippen molar-refractivity contribution in [1.29, 1.82) is 0 Å². The second-order valence-corrected chi connectivity index (χ2v) is 8.25. The molecule has 3 rings (SSSR count). The average molecular weight is 402 g/mol. The van der Waals surface area contributed by atoms with Gasteiger partial charge in [0.05, 0.1) is 22.8 Å². The first-order valence-corrected chi connectivity index (χ1v) is 10.4. The Bertz CT molecular complexity index is 1050. The van der Waals surface area contributed by atoms with Gasteiger partial charge in [-0.2, -0.15) is 0 Å². The number of hydrogen-bond donors (Lipinski definition) is 1. The van der Waals surface area contributed by atoms with Crippen molar-refractivity contribution in [3.05, 3.63) is 53.1 Å². The molecule has 0 bridgehead atoms. The van der Waals surface area contributed by atoms with Crippen LogP contribution in [0, 0.1) is 6.92 Å². The third-order valence-corrected chi connectivity index (χ3v) is 5.98. The van der Waals surface area contributed by atoms with Crippen LogP contribution in [0.3, 0.4) is 0 Å². The first-order chi connectivity index (χ1) is 13.2. The molecule has 28 heavy (non-hydrogen) atoms. The minimum absolute atomic E-state index is 0.0650. The molecule has 2 aromatic carbocycles. The van der Waals surface area contributed by atoms with Gasteiger partial charge in [-0.25, -0.2) is 13.2 Å². The van der Waals surface area contributed by atoms with E-state index in [1.165, 1.54) is 19.1 Å². The van der Waals surface area contributed by atoms with Gasteiger partial charge in [-0.3, -0.25) is 9.52 Å². The maximum absolute atomic E-state index is 12.8. The van der Waals surface area contributed by atoms with Crippen LogP contribution in [0.2, 0.25) is 0 Å². The van der Waals surface area contributed by atoms with Gasteiger partial charge in [-0.05, 0) is 67.8 Å². The van der Waals surface area contributed by atoms with Crippen molar-refractivity contribution in [1.82, 2.24) is 0 Å². The fraction of sp³-hybridized carbons (Fsp3) is 0.300. The quantitative estimate of drug-likeness (QED) is 0.777. The lowest BCUT2D eigenvalue weighted by atomic mass is 10.1. The number of fused-ring (bicyclic) bond motifs is 1. The smallest absolute Gasteiger partial charge is 0.338 e. The maximum atomic E-state index is 12.8. The minimum atomic E-state index is -3.81. The number of carbonyl (C=O) groups is 2. The number of anilines is 2. The second kappa shape index (κ2) is 7.63. The number of hydrogen-bond acceptors (Lipinski definition) is 5. The average Bonchev–Trinajstić information content (AvgIpc) is 3.07. The SMILES string of the molecule is CCOC(=O)c1ccc(NS(=O)(=O)c2ccc3c(c2)CCN3C(C)=O)c(C)c1. The molecule has 1 amide bonds. The molecule has 0 radical (unpaired) electrons. The van der Waals surface area contributed by atoms with Crippen molar-refractivity contribution in [3.8, 4) is 0 Å². The van der Waals surface area contributed by atoms with E-state index in [9.17, 15) is 18.0 Å². The Hall–Kier alpha value is -2.87. The second-order valence-electron chi connectivity index (χ2n) is 6.57. The molecule has 0 spiro atoms. The van der Waals surface area contributed by atoms with Gasteiger partial charge in [0.1, 0.15) is 0 Å². The van der Waals surface area contributed by atoms with E-state index in [0.29, 0.717) is 29.8 Å². The third kappa shape index (κ3) is 3.87. The van der Waals surface area contributed by atoms with Gasteiger partial charge in [-0.1, -0.05) is 0 Å². The van der Waals surface area contributed by atoms with Gasteiger partial charge in [0.2, 0.25) is 5.91 Å². The number of amides is 1. The van der Waals surface area contributed by atoms with E-state index >= 15 is 0 Å². The highest BCUT2D eigenvalue weighted by Crippen LogP contribution is 2.31. The highest BCUT2D eigenvalue weighted by Gasteiger charge is 2.25. The lowest BCUT2D eigenvalue weighted by molar-refractivity contribution is -0.116. The van der Waals surface area contributed by atoms with Crippen LogP contribution in [-0.2, 0) is 26.0 Å². The van der Waals surface area contributed by atoms with Gasteiger partial charge in [0.15, 0.2) is 0 Å². The summed E-state index contributed by atoms with van der Waals surface area (Å²) in [6, 6.07) is 9.41. The molecular formula is C20H22N2O5S. The number of ether oxygens (including phenoxy) is 1. The monoisotopic (exact) mass is 402 g/mol. The Labute approximate surface area is 164 Å². The molecule has 1 aliphatic heterocycles. The summed E-state index contributed by atoms with van der Waals surface area (Å²) in [7, 11) is -3.81. The van der Waals surface area contributed by atoms with Gasteiger partial charge < -0.3 is 9.64 Å². The van der Waals surface area contributed by atoms with E-state index in [2.05, 4.69) is 4.72 Å². The van der Waals surface area contributed by atoms with Crippen molar-refractivity contribution >= 4 is 33.3 Å². The van der Waals surface area contributed by atoms with Crippen LogP contribution in [0.15, 0.2) is 41.3 Å². The largest absolute Gasteiger partial charge is 0.462 e. The molecule has 8 heteroatoms. The summed E-state index contributed by atoms with van der Waals surface area (Å²) in [4.78, 5) is 25.2. The Morgan fingerprint density at radius 3 is 2.57 bits per heavy atom. The number of rotatable bonds is 5. The molecular weight excluding hydrogens is 380 g/mol. The highest BCUT2D eigenvalue weighted by atomic mass is 32.2. The first kappa shape index (κ1) is 19.9. The number of aryl methyl sites for hydroxylation is 1. The van der Waals surface area contributed by atoms with E-state index in [1.54, 1.807) is 43.0 Å². The number of nitrogens with one attached hydrogen (secondary N) is 1. The summed E-state index contributed by atoms with van der Waals surface area (Å²) < 4.78 is 33.1. The molecule has 0 aromatic heterocycles. The van der Waals surface area contributed by atoms with E-state index in [0.717, 1.165) is 11.3 Å². The zero-order valence-electron chi connectivity index (χ0n) is 16.0. The number of benzene rings is 2. The molecule has 2 aromatic rings. The maximum Gasteiger partial charge on any atom is 0.338 e. The highest BCUT2D eigenvalue weighted by molar-refractivity contribution is 7.92. The number of sulfonamides is 1. The summed E-state index contributed by atoms with van der Waals surface area (Å²) in [5.74, 6) is -0.515. The Morgan fingerprint density at radius 2 is 1.93 bits per heavy atom. The molecule has 0 unspecified atom stereocenters. The predicted octanol–water partition coefficient (Wildman–Crippen LogP) is 2.88. The minimum Gasteiger partial charge on any atom is -0.462 e. The third-order valence-electron chi connectivity index (χ3n) is 4.62. The summed E-state index contributed by atoms with van der Waals surface area (Å²) in [6.07, 6.45) is 0.617. The van der Waals surface area contributed by atoms with Crippen molar-refractivity contribution in [2.24, 2.45) is 0 Å². The molecule has 0 aliphatic carbocycles. The number of carbonyl (C=O) groups excluding carboxylic acids is 2. The van der Waals surface area contributed by atoms with E-state index in [1.807, 2.05) is 0 Å². The lowest BCUT2D eigenvalue weighted by Gasteiger charge is -2.15. The fourth-order valence-electron chi connectivity index (χ4n) is 3.20. The summed E-state index contributed by atoms with van der Waals surface area (Å²) in [5, 5.41) is 0. The number of nitrogens with zero attached hydrogens (tertiary/aromatic N) is 1. The molecule has 0 saturated carbocycles. The van der Waals surface area contributed by atoms with Gasteiger partial charge in [0.25, 0.3) is 10.0 Å². The topological polar surface area (TPSA) is 92.8 Å². The van der Waals surface area contributed by atoms with Crippen LogP contribution < -0.4 is 9.62 Å². The molecule has 0 atom stereocenters. The van der Waals surface area contributed by atoms with Gasteiger partial charge >= 0.3 is 5.97 Å². The Balaban J connectivity index is 1.85. The van der Waals surface area contributed by atoms with Crippen molar-refractivity contribution < 1.29 is 22.7 Å². The van der Waals surface area contributed by atoms with Crippen LogP contribution in [-0.4, -0.2) is 33.4 Å². The first-order valence-electron chi connectivity index (χ1n) is 8.94. The summed E-state index contributed by atoms with van der Waals surface area (Å²) in [5.41, 5.74) is 2.94. The van der Waals surface area contributed by atoms with E-state index in [-0.39, 0.29) is 17.4 Å². The molecule has 0 saturated heterocycles. The van der Waals surface area contributed by atoms with E-state index < -0.39 is 16.0 Å². The van der Waals surface area contributed by atoms with Crippen molar-refractivity contribution in [3.63, 3.8) is 0 Å². The normalized spacial score (nSPS) is 13.2. The molecule has 0 fully saturated rings. The molecule has 1 aliphatic rings. The predicted molar refractivity (Wildman–Crippen MR) is 106 cm³/mol. The summed E-state index contributed by atoms with van der Waals surface area (Å²) >= 11 is 0. The van der Waals surface area contributed by atoms with Crippen LogP contribution in [0.1, 0.15) is 35.3 Å². The summed E-state index contributed by atoms with van der Waals surface area (Å²) in [6.45, 7) is 5.75.